The van der Waals surface area contributed by atoms with Gasteiger partial charge in [0.05, 0.1) is 0 Å². The Bertz CT molecular complexity index is 600. The van der Waals surface area contributed by atoms with Gasteiger partial charge in [0, 0.05) is 17.7 Å². The Kier molecular flexibility index (Phi) is 4.63. The van der Waals surface area contributed by atoms with E-state index in [2.05, 4.69) is 20.8 Å². The normalized spacial score (nSPS) is 11.5. The molecule has 0 unspecified atom stereocenters. The van der Waals surface area contributed by atoms with Crippen LogP contribution in [0.3, 0.4) is 0 Å². The highest BCUT2D eigenvalue weighted by atomic mass is 19.1. The van der Waals surface area contributed by atoms with Gasteiger partial charge in [-0.1, -0.05) is 51.1 Å². The maximum absolute atomic E-state index is 14.0. The monoisotopic (exact) mass is 287 g/mol. The first-order chi connectivity index (χ1) is 9.91. The molecular weight excluding hydrogens is 265 g/mol. The Labute approximate surface area is 125 Å². The van der Waals surface area contributed by atoms with Crippen molar-refractivity contribution < 1.29 is 9.13 Å². The Morgan fingerprint density at radius 2 is 1.62 bits per heavy atom. The second-order valence-corrected chi connectivity index (χ2v) is 6.16. The van der Waals surface area contributed by atoms with Gasteiger partial charge >= 0.3 is 0 Å². The highest BCUT2D eigenvalue weighted by Crippen LogP contribution is 2.25. The van der Waals surface area contributed by atoms with Crippen molar-refractivity contribution in [3.63, 3.8) is 0 Å². The van der Waals surface area contributed by atoms with Crippen LogP contribution >= 0.6 is 0 Å². The van der Waals surface area contributed by atoms with Gasteiger partial charge in [-0.05, 0) is 23.1 Å². The number of benzene rings is 2. The molecule has 0 fully saturated rings. The predicted molar refractivity (Wildman–Crippen MR) is 83.8 cm³/mol. The van der Waals surface area contributed by atoms with Crippen LogP contribution in [0, 0.1) is 5.82 Å². The summed E-state index contributed by atoms with van der Waals surface area (Å²) in [6.07, 6.45) is 0. The topological polar surface area (TPSA) is 35.2 Å². The number of rotatable bonds is 4. The van der Waals surface area contributed by atoms with E-state index in [0.717, 1.165) is 5.75 Å². The molecule has 0 amide bonds. The lowest BCUT2D eigenvalue weighted by atomic mass is 9.87. The molecule has 21 heavy (non-hydrogen) atoms. The van der Waals surface area contributed by atoms with Crippen LogP contribution in [0.15, 0.2) is 42.5 Å². The van der Waals surface area contributed by atoms with E-state index in [4.69, 9.17) is 10.5 Å². The van der Waals surface area contributed by atoms with Gasteiger partial charge in [0.25, 0.3) is 0 Å². The molecule has 112 valence electrons. The molecule has 0 saturated heterocycles. The molecule has 0 bridgehead atoms. The Balaban J connectivity index is 2.07. The van der Waals surface area contributed by atoms with Gasteiger partial charge in [-0.3, -0.25) is 0 Å². The molecule has 3 heteroatoms. The molecule has 0 aliphatic carbocycles. The lowest BCUT2D eigenvalue weighted by molar-refractivity contribution is 0.299. The van der Waals surface area contributed by atoms with Crippen molar-refractivity contribution in [3.05, 3.63) is 65.0 Å². The number of ether oxygens (including phenoxy) is 1. The van der Waals surface area contributed by atoms with Gasteiger partial charge in [-0.15, -0.1) is 0 Å². The third-order valence-corrected chi connectivity index (χ3v) is 3.49. The second-order valence-electron chi connectivity index (χ2n) is 6.16. The van der Waals surface area contributed by atoms with Crippen LogP contribution in [0.1, 0.15) is 37.5 Å². The molecule has 0 aliphatic rings. The minimum Gasteiger partial charge on any atom is -0.489 e. The van der Waals surface area contributed by atoms with Gasteiger partial charge < -0.3 is 10.5 Å². The van der Waals surface area contributed by atoms with Crippen LogP contribution < -0.4 is 10.5 Å². The van der Waals surface area contributed by atoms with Crippen molar-refractivity contribution in [2.75, 3.05) is 0 Å². The van der Waals surface area contributed by atoms with Crippen molar-refractivity contribution in [2.45, 2.75) is 39.3 Å². The number of hydrogen-bond acceptors (Lipinski definition) is 2. The smallest absolute Gasteiger partial charge is 0.134 e. The van der Waals surface area contributed by atoms with Crippen LogP contribution in [-0.4, -0.2) is 0 Å². The van der Waals surface area contributed by atoms with Crippen molar-refractivity contribution in [3.8, 4) is 5.75 Å². The summed E-state index contributed by atoms with van der Waals surface area (Å²) in [6, 6.07) is 13.1. The maximum atomic E-state index is 14.0. The minimum atomic E-state index is -0.272. The van der Waals surface area contributed by atoms with Crippen molar-refractivity contribution in [2.24, 2.45) is 5.73 Å². The van der Waals surface area contributed by atoms with Crippen molar-refractivity contribution in [1.82, 2.24) is 0 Å². The molecule has 2 nitrogen and oxygen atoms in total. The van der Waals surface area contributed by atoms with Crippen LogP contribution in [0.4, 0.5) is 4.39 Å². The molecule has 0 saturated carbocycles. The highest BCUT2D eigenvalue weighted by molar-refractivity contribution is 5.32. The number of nitrogens with two attached hydrogens (primary N) is 1. The molecule has 2 rings (SSSR count). The van der Waals surface area contributed by atoms with E-state index >= 15 is 0 Å². The molecule has 0 heterocycles. The molecule has 0 aliphatic heterocycles. The average molecular weight is 287 g/mol. The highest BCUT2D eigenvalue weighted by Gasteiger charge is 2.13. The Morgan fingerprint density at radius 3 is 2.19 bits per heavy atom. The number of hydrogen-bond donors (Lipinski definition) is 1. The van der Waals surface area contributed by atoms with Crippen molar-refractivity contribution in [1.29, 1.82) is 0 Å². The molecule has 0 spiro atoms. The fourth-order valence-corrected chi connectivity index (χ4v) is 2.11. The maximum Gasteiger partial charge on any atom is 0.134 e. The van der Waals surface area contributed by atoms with E-state index in [9.17, 15) is 4.39 Å². The SMILES string of the molecule is CC(C)(C)c1ccc(OCc2cccc(CN)c2F)cc1. The van der Waals surface area contributed by atoms with Gasteiger partial charge in [-0.25, -0.2) is 4.39 Å². The third-order valence-electron chi connectivity index (χ3n) is 3.49. The van der Waals surface area contributed by atoms with E-state index in [0.29, 0.717) is 11.1 Å². The lowest BCUT2D eigenvalue weighted by Crippen LogP contribution is -2.10. The summed E-state index contributed by atoms with van der Waals surface area (Å²) in [4.78, 5) is 0. The van der Waals surface area contributed by atoms with Gasteiger partial charge in [-0.2, -0.15) is 0 Å². The summed E-state index contributed by atoms with van der Waals surface area (Å²) in [5.41, 5.74) is 7.90. The molecule has 2 aromatic carbocycles. The minimum absolute atomic E-state index is 0.111. The summed E-state index contributed by atoms with van der Waals surface area (Å²) in [7, 11) is 0. The molecule has 2 aromatic rings. The second kappa shape index (κ2) is 6.27. The number of halogens is 1. The standard InChI is InChI=1S/C18H22FNO/c1-18(2,3)15-7-9-16(10-8-15)21-12-14-6-4-5-13(11-20)17(14)19/h4-10H,11-12,20H2,1-3H3. The third kappa shape index (κ3) is 3.82. The van der Waals surface area contributed by atoms with Crippen LogP contribution in [-0.2, 0) is 18.6 Å². The zero-order chi connectivity index (χ0) is 15.5. The molecular formula is C18H22FNO. The lowest BCUT2D eigenvalue weighted by Gasteiger charge is -2.19. The summed E-state index contributed by atoms with van der Waals surface area (Å²) >= 11 is 0. The fourth-order valence-electron chi connectivity index (χ4n) is 2.11. The molecule has 0 radical (unpaired) electrons. The summed E-state index contributed by atoms with van der Waals surface area (Å²) < 4.78 is 19.7. The zero-order valence-corrected chi connectivity index (χ0v) is 12.8. The van der Waals surface area contributed by atoms with E-state index in [1.165, 1.54) is 5.56 Å². The average Bonchev–Trinajstić information content (AvgIpc) is 2.46. The molecule has 0 atom stereocenters. The first-order valence-corrected chi connectivity index (χ1v) is 7.11. The summed E-state index contributed by atoms with van der Waals surface area (Å²) in [6.45, 7) is 6.89. The van der Waals surface area contributed by atoms with Gasteiger partial charge in [0.1, 0.15) is 18.2 Å². The van der Waals surface area contributed by atoms with Gasteiger partial charge in [0.15, 0.2) is 0 Å². The fraction of sp³-hybridized carbons (Fsp3) is 0.333. The van der Waals surface area contributed by atoms with E-state index in [1.54, 1.807) is 18.2 Å². The quantitative estimate of drug-likeness (QED) is 0.916. The van der Waals surface area contributed by atoms with Crippen LogP contribution in [0.25, 0.3) is 0 Å². The van der Waals surface area contributed by atoms with E-state index < -0.39 is 0 Å². The Morgan fingerprint density at radius 1 is 1.00 bits per heavy atom. The zero-order valence-electron chi connectivity index (χ0n) is 12.8. The largest absolute Gasteiger partial charge is 0.489 e. The molecule has 0 aromatic heterocycles. The van der Waals surface area contributed by atoms with Crippen LogP contribution in [0.2, 0.25) is 0 Å². The van der Waals surface area contributed by atoms with E-state index in [1.807, 2.05) is 24.3 Å². The molecule has 2 N–H and O–H groups in total. The van der Waals surface area contributed by atoms with Gasteiger partial charge in [0.2, 0.25) is 0 Å². The van der Waals surface area contributed by atoms with E-state index in [-0.39, 0.29) is 24.4 Å². The predicted octanol–water partition coefficient (Wildman–Crippen LogP) is 4.16. The first kappa shape index (κ1) is 15.5. The van der Waals surface area contributed by atoms with Crippen LogP contribution in [0.5, 0.6) is 5.75 Å². The summed E-state index contributed by atoms with van der Waals surface area (Å²) in [5.74, 6) is 0.465. The first-order valence-electron chi connectivity index (χ1n) is 7.11. The Hall–Kier alpha value is -1.87. The van der Waals surface area contributed by atoms with Crippen molar-refractivity contribution >= 4 is 0 Å². The summed E-state index contributed by atoms with van der Waals surface area (Å²) in [5, 5.41) is 0.